The Kier molecular flexibility index (Phi) is 3.88. The largest absolute Gasteiger partial charge is 0.411 e. The van der Waals surface area contributed by atoms with Crippen LogP contribution in [0.4, 0.5) is 0 Å². The van der Waals surface area contributed by atoms with Gasteiger partial charge in [-0.05, 0) is 36.4 Å². The van der Waals surface area contributed by atoms with E-state index in [0.29, 0.717) is 16.9 Å². The number of halogens is 1. The number of imidazole rings is 1. The number of hydrogen-bond acceptors (Lipinski definition) is 5. The lowest BCUT2D eigenvalue weighted by molar-refractivity contribution is 0.465. The standard InChI is InChI=1S/C16H11BrN4OS/c17-11-7-5-10(6-8-11)15-20-21-16(22-15)23-9-14-18-12-3-1-2-4-13(12)19-14/h1-8H,9H2,(H,18,19). The van der Waals surface area contributed by atoms with Crippen molar-refractivity contribution in [1.82, 2.24) is 20.2 Å². The van der Waals surface area contributed by atoms with E-state index in [1.807, 2.05) is 48.5 Å². The number of nitrogens with zero attached hydrogens (tertiary/aromatic N) is 3. The Hall–Kier alpha value is -2.12. The van der Waals surface area contributed by atoms with Gasteiger partial charge < -0.3 is 9.40 Å². The topological polar surface area (TPSA) is 67.6 Å². The lowest BCUT2D eigenvalue weighted by atomic mass is 10.2. The molecule has 2 heterocycles. The van der Waals surface area contributed by atoms with Crippen LogP contribution in [0.5, 0.6) is 0 Å². The number of benzene rings is 2. The summed E-state index contributed by atoms with van der Waals surface area (Å²) in [7, 11) is 0. The van der Waals surface area contributed by atoms with Crippen LogP contribution in [0.25, 0.3) is 22.5 Å². The molecule has 0 aliphatic heterocycles. The molecule has 7 heteroatoms. The van der Waals surface area contributed by atoms with E-state index < -0.39 is 0 Å². The molecule has 4 aromatic rings. The van der Waals surface area contributed by atoms with Gasteiger partial charge in [-0.15, -0.1) is 10.2 Å². The van der Waals surface area contributed by atoms with Gasteiger partial charge >= 0.3 is 0 Å². The number of aromatic amines is 1. The summed E-state index contributed by atoms with van der Waals surface area (Å²) in [5.74, 6) is 2.06. The summed E-state index contributed by atoms with van der Waals surface area (Å²) in [6, 6.07) is 15.7. The van der Waals surface area contributed by atoms with Crippen molar-refractivity contribution < 1.29 is 4.42 Å². The molecule has 0 radical (unpaired) electrons. The number of thioether (sulfide) groups is 1. The minimum atomic E-state index is 0.518. The Labute approximate surface area is 144 Å². The molecule has 0 atom stereocenters. The first kappa shape index (κ1) is 14.5. The van der Waals surface area contributed by atoms with E-state index in [9.17, 15) is 0 Å². The first-order valence-electron chi connectivity index (χ1n) is 6.94. The number of nitrogens with one attached hydrogen (secondary N) is 1. The third-order valence-corrected chi connectivity index (χ3v) is 4.63. The fourth-order valence-electron chi connectivity index (χ4n) is 2.18. The van der Waals surface area contributed by atoms with Gasteiger partial charge in [0.1, 0.15) is 5.82 Å². The van der Waals surface area contributed by atoms with Crippen molar-refractivity contribution >= 4 is 38.7 Å². The Morgan fingerprint density at radius 3 is 2.70 bits per heavy atom. The van der Waals surface area contributed by atoms with E-state index in [2.05, 4.69) is 36.1 Å². The molecule has 23 heavy (non-hydrogen) atoms. The summed E-state index contributed by atoms with van der Waals surface area (Å²) >= 11 is 4.87. The molecule has 0 aliphatic rings. The molecule has 114 valence electrons. The van der Waals surface area contributed by atoms with Crippen LogP contribution in [0.1, 0.15) is 5.82 Å². The summed E-state index contributed by atoms with van der Waals surface area (Å²) in [6.07, 6.45) is 0. The Morgan fingerprint density at radius 1 is 1.04 bits per heavy atom. The van der Waals surface area contributed by atoms with E-state index in [4.69, 9.17) is 4.42 Å². The number of aromatic nitrogens is 4. The van der Waals surface area contributed by atoms with Gasteiger partial charge in [-0.3, -0.25) is 0 Å². The van der Waals surface area contributed by atoms with Crippen molar-refractivity contribution in [3.8, 4) is 11.5 Å². The molecule has 0 saturated heterocycles. The Balaban J connectivity index is 1.48. The van der Waals surface area contributed by atoms with E-state index in [1.165, 1.54) is 11.8 Å². The van der Waals surface area contributed by atoms with Crippen LogP contribution in [0.3, 0.4) is 0 Å². The number of hydrogen-bond donors (Lipinski definition) is 1. The molecule has 0 bridgehead atoms. The van der Waals surface area contributed by atoms with Crippen molar-refractivity contribution in [3.63, 3.8) is 0 Å². The fraction of sp³-hybridized carbons (Fsp3) is 0.0625. The lowest BCUT2D eigenvalue weighted by Crippen LogP contribution is -1.83. The molecular formula is C16H11BrN4OS. The Morgan fingerprint density at radius 2 is 1.87 bits per heavy atom. The second-order valence-electron chi connectivity index (χ2n) is 4.87. The predicted molar refractivity (Wildman–Crippen MR) is 93.1 cm³/mol. The van der Waals surface area contributed by atoms with Gasteiger partial charge in [0.15, 0.2) is 0 Å². The fourth-order valence-corrected chi connectivity index (χ4v) is 3.08. The molecule has 0 unspecified atom stereocenters. The van der Waals surface area contributed by atoms with Gasteiger partial charge in [0, 0.05) is 10.0 Å². The zero-order chi connectivity index (χ0) is 15.6. The van der Waals surface area contributed by atoms with Gasteiger partial charge in [0.05, 0.1) is 16.8 Å². The van der Waals surface area contributed by atoms with Gasteiger partial charge in [-0.25, -0.2) is 4.98 Å². The SMILES string of the molecule is Brc1ccc(-c2nnc(SCc3nc4ccccc4[nH]3)o2)cc1. The van der Waals surface area contributed by atoms with Crippen LogP contribution in [-0.4, -0.2) is 20.2 Å². The summed E-state index contributed by atoms with van der Waals surface area (Å²) < 4.78 is 6.70. The maximum atomic E-state index is 5.69. The predicted octanol–water partition coefficient (Wildman–Crippen LogP) is 4.67. The number of rotatable bonds is 4. The number of H-pyrrole nitrogens is 1. The quantitative estimate of drug-likeness (QED) is 0.516. The maximum absolute atomic E-state index is 5.69. The van der Waals surface area contributed by atoms with Crippen molar-refractivity contribution in [2.24, 2.45) is 0 Å². The molecule has 5 nitrogen and oxygen atoms in total. The van der Waals surface area contributed by atoms with Crippen LogP contribution >= 0.6 is 27.7 Å². The number of fused-ring (bicyclic) bond motifs is 1. The molecule has 0 aliphatic carbocycles. The average molecular weight is 387 g/mol. The minimum Gasteiger partial charge on any atom is -0.411 e. The third kappa shape index (κ3) is 3.16. The summed E-state index contributed by atoms with van der Waals surface area (Å²) in [5, 5.41) is 8.70. The average Bonchev–Trinajstić information content (AvgIpc) is 3.20. The molecule has 4 rings (SSSR count). The van der Waals surface area contributed by atoms with Crippen molar-refractivity contribution in [3.05, 3.63) is 58.8 Å². The zero-order valence-corrected chi connectivity index (χ0v) is 14.3. The molecule has 2 aromatic carbocycles. The van der Waals surface area contributed by atoms with Gasteiger partial charge in [-0.2, -0.15) is 0 Å². The van der Waals surface area contributed by atoms with Gasteiger partial charge in [0.2, 0.25) is 5.89 Å². The molecule has 1 N–H and O–H groups in total. The van der Waals surface area contributed by atoms with E-state index in [0.717, 1.165) is 26.9 Å². The summed E-state index contributed by atoms with van der Waals surface area (Å²) in [6.45, 7) is 0. The second kappa shape index (κ2) is 6.17. The second-order valence-corrected chi connectivity index (χ2v) is 6.71. The highest BCUT2D eigenvalue weighted by atomic mass is 79.9. The maximum Gasteiger partial charge on any atom is 0.277 e. The monoisotopic (exact) mass is 386 g/mol. The highest BCUT2D eigenvalue weighted by Gasteiger charge is 2.10. The zero-order valence-electron chi connectivity index (χ0n) is 11.9. The molecule has 0 saturated carbocycles. The van der Waals surface area contributed by atoms with E-state index in [-0.39, 0.29) is 0 Å². The van der Waals surface area contributed by atoms with Crippen molar-refractivity contribution in [2.75, 3.05) is 0 Å². The molecule has 0 fully saturated rings. The molecular weight excluding hydrogens is 376 g/mol. The number of para-hydroxylation sites is 2. The smallest absolute Gasteiger partial charge is 0.277 e. The van der Waals surface area contributed by atoms with Crippen LogP contribution in [0.15, 0.2) is 62.6 Å². The first-order valence-corrected chi connectivity index (χ1v) is 8.72. The van der Waals surface area contributed by atoms with E-state index >= 15 is 0 Å². The van der Waals surface area contributed by atoms with Crippen LogP contribution in [0.2, 0.25) is 0 Å². The molecule has 0 spiro atoms. The normalized spacial score (nSPS) is 11.2. The summed E-state index contributed by atoms with van der Waals surface area (Å²) in [5.41, 5.74) is 2.89. The first-order chi connectivity index (χ1) is 11.3. The van der Waals surface area contributed by atoms with Crippen LogP contribution in [-0.2, 0) is 5.75 Å². The highest BCUT2D eigenvalue weighted by molar-refractivity contribution is 9.10. The lowest BCUT2D eigenvalue weighted by Gasteiger charge is -1.94. The van der Waals surface area contributed by atoms with E-state index in [1.54, 1.807) is 0 Å². The van der Waals surface area contributed by atoms with Gasteiger partial charge in [-0.1, -0.05) is 39.8 Å². The van der Waals surface area contributed by atoms with Crippen LogP contribution < -0.4 is 0 Å². The highest BCUT2D eigenvalue weighted by Crippen LogP contribution is 2.26. The third-order valence-electron chi connectivity index (χ3n) is 3.27. The molecule has 2 aromatic heterocycles. The minimum absolute atomic E-state index is 0.518. The summed E-state index contributed by atoms with van der Waals surface area (Å²) in [4.78, 5) is 7.81. The molecule has 0 amide bonds. The van der Waals surface area contributed by atoms with Crippen molar-refractivity contribution in [1.29, 1.82) is 0 Å². The Bertz CT molecular complexity index is 915. The van der Waals surface area contributed by atoms with Gasteiger partial charge in [0.25, 0.3) is 5.22 Å². The van der Waals surface area contributed by atoms with Crippen LogP contribution in [0, 0.1) is 0 Å². The van der Waals surface area contributed by atoms with Crippen molar-refractivity contribution in [2.45, 2.75) is 11.0 Å².